The van der Waals surface area contributed by atoms with Crippen molar-refractivity contribution in [3.8, 4) is 0 Å². The van der Waals surface area contributed by atoms with E-state index in [-0.39, 0.29) is 0 Å². The number of rotatable bonds is 5. The lowest BCUT2D eigenvalue weighted by Crippen LogP contribution is -2.40. The minimum absolute atomic E-state index is 0.978. The average Bonchev–Trinajstić information content (AvgIpc) is 2.68. The molecular formula is C24H26N2S. The molecule has 0 saturated carbocycles. The Morgan fingerprint density at radius 3 is 2.37 bits per heavy atom. The van der Waals surface area contributed by atoms with E-state index < -0.39 is 0 Å². The van der Waals surface area contributed by atoms with Gasteiger partial charge in [-0.15, -0.1) is 11.8 Å². The van der Waals surface area contributed by atoms with E-state index in [0.717, 1.165) is 25.5 Å². The van der Waals surface area contributed by atoms with Crippen LogP contribution in [0, 0.1) is 0 Å². The molecule has 0 aromatic heterocycles. The Morgan fingerprint density at radius 2 is 1.59 bits per heavy atom. The number of thioether (sulfide) groups is 1. The highest BCUT2D eigenvalue weighted by molar-refractivity contribution is 8.02. The lowest BCUT2D eigenvalue weighted by molar-refractivity contribution is 0.173. The monoisotopic (exact) mass is 374 g/mol. The minimum atomic E-state index is 0.978. The Hall–Kier alpha value is -2.23. The van der Waals surface area contributed by atoms with Gasteiger partial charge in [-0.2, -0.15) is 0 Å². The maximum absolute atomic E-state index is 2.50. The number of hydrogen-bond acceptors (Lipinski definition) is 3. The molecule has 0 fully saturated rings. The van der Waals surface area contributed by atoms with E-state index in [1.165, 1.54) is 32.5 Å². The Labute approximate surface area is 166 Å². The highest BCUT2D eigenvalue weighted by atomic mass is 32.2. The van der Waals surface area contributed by atoms with Crippen molar-refractivity contribution >= 4 is 22.5 Å². The maximum Gasteiger partial charge on any atom is 0.0720 e. The first-order valence-electron chi connectivity index (χ1n) is 9.47. The molecule has 0 radical (unpaired) electrons. The SMILES string of the molecule is CC1=C(SCc2ccc3ccccc3c2)N(C)CN(Cc2ccccc2)C1. The summed E-state index contributed by atoms with van der Waals surface area (Å²) >= 11 is 1.96. The molecule has 138 valence electrons. The van der Waals surface area contributed by atoms with Crippen molar-refractivity contribution < 1.29 is 0 Å². The summed E-state index contributed by atoms with van der Waals surface area (Å²) in [6, 6.07) is 26.2. The number of nitrogens with zero attached hydrogens (tertiary/aromatic N) is 2. The predicted molar refractivity (Wildman–Crippen MR) is 117 cm³/mol. The predicted octanol–water partition coefficient (Wildman–Crippen LogP) is 5.71. The van der Waals surface area contributed by atoms with Crippen LogP contribution in [0.2, 0.25) is 0 Å². The molecule has 0 unspecified atom stereocenters. The summed E-state index contributed by atoms with van der Waals surface area (Å²) < 4.78 is 0. The molecule has 1 heterocycles. The minimum Gasteiger partial charge on any atom is -0.356 e. The van der Waals surface area contributed by atoms with Gasteiger partial charge in [0.1, 0.15) is 0 Å². The van der Waals surface area contributed by atoms with E-state index in [4.69, 9.17) is 0 Å². The van der Waals surface area contributed by atoms with Crippen LogP contribution < -0.4 is 0 Å². The van der Waals surface area contributed by atoms with E-state index >= 15 is 0 Å². The van der Waals surface area contributed by atoms with Crippen LogP contribution in [0.1, 0.15) is 18.1 Å². The molecule has 1 aliphatic heterocycles. The molecule has 0 amide bonds. The summed E-state index contributed by atoms with van der Waals surface area (Å²) in [5.41, 5.74) is 4.23. The Morgan fingerprint density at radius 1 is 0.852 bits per heavy atom. The van der Waals surface area contributed by atoms with Crippen molar-refractivity contribution in [2.45, 2.75) is 19.2 Å². The van der Waals surface area contributed by atoms with Gasteiger partial charge < -0.3 is 4.90 Å². The molecule has 3 heteroatoms. The fraction of sp³-hybridized carbons (Fsp3) is 0.250. The van der Waals surface area contributed by atoms with Crippen LogP contribution in [0.15, 0.2) is 83.4 Å². The van der Waals surface area contributed by atoms with Gasteiger partial charge in [0.2, 0.25) is 0 Å². The third kappa shape index (κ3) is 4.37. The summed E-state index contributed by atoms with van der Waals surface area (Å²) in [4.78, 5) is 4.90. The van der Waals surface area contributed by atoms with Gasteiger partial charge in [-0.1, -0.05) is 72.8 Å². The normalized spacial score (nSPS) is 15.6. The van der Waals surface area contributed by atoms with Crippen molar-refractivity contribution in [1.82, 2.24) is 9.80 Å². The molecule has 0 saturated heterocycles. The molecule has 27 heavy (non-hydrogen) atoms. The molecule has 0 bridgehead atoms. The van der Waals surface area contributed by atoms with Gasteiger partial charge in [0, 0.05) is 25.9 Å². The van der Waals surface area contributed by atoms with Crippen molar-refractivity contribution in [1.29, 1.82) is 0 Å². The molecule has 2 nitrogen and oxygen atoms in total. The van der Waals surface area contributed by atoms with Gasteiger partial charge in [0.15, 0.2) is 0 Å². The first kappa shape index (κ1) is 18.1. The zero-order valence-corrected chi connectivity index (χ0v) is 16.9. The summed E-state index contributed by atoms with van der Waals surface area (Å²) in [6.45, 7) is 5.30. The maximum atomic E-state index is 2.50. The van der Waals surface area contributed by atoms with E-state index in [1.54, 1.807) is 0 Å². The first-order chi connectivity index (χ1) is 13.2. The lowest BCUT2D eigenvalue weighted by atomic mass is 10.1. The standard InChI is InChI=1S/C24H26N2S/c1-19-15-26(16-20-8-4-3-5-9-20)18-25(2)24(19)27-17-21-12-13-22-10-6-7-11-23(22)14-21/h3-14H,15-18H2,1-2H3. The van der Waals surface area contributed by atoms with E-state index in [9.17, 15) is 0 Å². The van der Waals surface area contributed by atoms with Gasteiger partial charge in [0.05, 0.1) is 11.7 Å². The molecule has 3 aromatic carbocycles. The van der Waals surface area contributed by atoms with Crippen molar-refractivity contribution in [2.75, 3.05) is 20.3 Å². The molecular weight excluding hydrogens is 348 g/mol. The second-order valence-corrected chi connectivity index (χ2v) is 8.33. The summed E-state index contributed by atoms with van der Waals surface area (Å²) in [5.74, 6) is 1.01. The summed E-state index contributed by atoms with van der Waals surface area (Å²) in [5, 5.41) is 4.06. The summed E-state index contributed by atoms with van der Waals surface area (Å²) in [6.07, 6.45) is 0. The number of benzene rings is 3. The molecule has 3 aromatic rings. The molecule has 4 rings (SSSR count). The third-order valence-corrected chi connectivity index (χ3v) is 6.43. The van der Waals surface area contributed by atoms with Crippen molar-refractivity contribution in [3.63, 3.8) is 0 Å². The van der Waals surface area contributed by atoms with Crippen LogP contribution in [-0.4, -0.2) is 30.1 Å². The zero-order chi connectivity index (χ0) is 18.6. The van der Waals surface area contributed by atoms with Crippen LogP contribution in [0.25, 0.3) is 10.8 Å². The fourth-order valence-corrected chi connectivity index (χ4v) is 4.88. The van der Waals surface area contributed by atoms with Gasteiger partial charge in [-0.05, 0) is 34.4 Å². The number of hydrogen-bond donors (Lipinski definition) is 0. The van der Waals surface area contributed by atoms with Crippen LogP contribution in [0.5, 0.6) is 0 Å². The molecule has 0 spiro atoms. The van der Waals surface area contributed by atoms with E-state index in [0.29, 0.717) is 0 Å². The van der Waals surface area contributed by atoms with Crippen molar-refractivity contribution in [3.05, 3.63) is 94.5 Å². The molecule has 0 atom stereocenters. The second kappa shape index (κ2) is 8.20. The Kier molecular flexibility index (Phi) is 5.51. The lowest BCUT2D eigenvalue weighted by Gasteiger charge is -2.37. The average molecular weight is 375 g/mol. The van der Waals surface area contributed by atoms with Crippen LogP contribution in [0.3, 0.4) is 0 Å². The van der Waals surface area contributed by atoms with Crippen LogP contribution >= 0.6 is 11.8 Å². The number of fused-ring (bicyclic) bond motifs is 1. The van der Waals surface area contributed by atoms with Gasteiger partial charge in [-0.3, -0.25) is 4.90 Å². The second-order valence-electron chi connectivity index (χ2n) is 7.37. The van der Waals surface area contributed by atoms with Gasteiger partial charge in [0.25, 0.3) is 0 Å². The largest absolute Gasteiger partial charge is 0.356 e. The highest BCUT2D eigenvalue weighted by Crippen LogP contribution is 2.31. The molecule has 0 N–H and O–H groups in total. The van der Waals surface area contributed by atoms with Crippen molar-refractivity contribution in [2.24, 2.45) is 0 Å². The topological polar surface area (TPSA) is 6.48 Å². The quantitative estimate of drug-likeness (QED) is 0.565. The Balaban J connectivity index is 1.42. The zero-order valence-electron chi connectivity index (χ0n) is 16.1. The highest BCUT2D eigenvalue weighted by Gasteiger charge is 2.20. The molecule has 1 aliphatic rings. The fourth-order valence-electron chi connectivity index (χ4n) is 3.80. The van der Waals surface area contributed by atoms with Gasteiger partial charge >= 0.3 is 0 Å². The smallest absolute Gasteiger partial charge is 0.0720 e. The van der Waals surface area contributed by atoms with Crippen LogP contribution in [0.4, 0.5) is 0 Å². The van der Waals surface area contributed by atoms with Crippen LogP contribution in [-0.2, 0) is 12.3 Å². The van der Waals surface area contributed by atoms with E-state index in [2.05, 4.69) is 96.6 Å². The first-order valence-corrected chi connectivity index (χ1v) is 10.5. The Bertz CT molecular complexity index is 949. The van der Waals surface area contributed by atoms with Gasteiger partial charge in [-0.25, -0.2) is 0 Å². The molecule has 0 aliphatic carbocycles. The van der Waals surface area contributed by atoms with E-state index in [1.807, 2.05) is 11.8 Å². The summed E-state index contributed by atoms with van der Waals surface area (Å²) in [7, 11) is 2.21. The third-order valence-electron chi connectivity index (χ3n) is 5.02.